The molecule has 0 spiro atoms. The monoisotopic (exact) mass is 448 g/mol. The number of esters is 1. The Labute approximate surface area is 182 Å². The molecule has 0 amide bonds. The number of carbonyl (C=O) groups excluding carboxylic acids is 1. The van der Waals surface area contributed by atoms with Crippen LogP contribution < -0.4 is 10.6 Å². The quantitative estimate of drug-likeness (QED) is 0.611. The molecule has 0 aliphatic carbocycles. The number of carbonyl (C=O) groups is 1. The van der Waals surface area contributed by atoms with Crippen molar-refractivity contribution in [2.45, 2.75) is 25.9 Å². The number of anilines is 2. The highest BCUT2D eigenvalue weighted by molar-refractivity contribution is 5.98. The normalized spacial score (nSPS) is 15.3. The first-order chi connectivity index (χ1) is 15.2. The number of piperidine rings is 1. The third kappa shape index (κ3) is 4.06. The maximum absolute atomic E-state index is 13.0. The van der Waals surface area contributed by atoms with E-state index in [1.165, 1.54) is 16.8 Å². The highest BCUT2D eigenvalue weighted by atomic mass is 19.4. The van der Waals surface area contributed by atoms with Crippen LogP contribution in [0.3, 0.4) is 0 Å². The first kappa shape index (κ1) is 21.8. The molecule has 3 heterocycles. The molecular weight excluding hydrogens is 425 g/mol. The van der Waals surface area contributed by atoms with Crippen LogP contribution in [0.2, 0.25) is 0 Å². The molecular formula is C21H23F3N6O2. The number of nitrogen functional groups attached to an aromatic ring is 1. The van der Waals surface area contributed by atoms with E-state index in [4.69, 9.17) is 10.5 Å². The van der Waals surface area contributed by atoms with Gasteiger partial charge in [0.1, 0.15) is 5.82 Å². The average Bonchev–Trinajstić information content (AvgIpc) is 3.06. The summed E-state index contributed by atoms with van der Waals surface area (Å²) in [6.07, 6.45) is -3.23. The standard InChI is InChI=1S/C21H23F3N6O2/c1-3-32-19(31)13-8-10-30(11-9-13)20-26-16(15-17(25)29(2)28-18(15)27-20)12-4-6-14(7-5-12)21(22,23)24/h4-7,13H,3,8-11,25H2,1-2H3. The van der Waals surface area contributed by atoms with E-state index in [0.717, 1.165) is 12.1 Å². The highest BCUT2D eigenvalue weighted by Gasteiger charge is 2.31. The molecule has 1 aliphatic rings. The van der Waals surface area contributed by atoms with Gasteiger partial charge in [0.05, 0.1) is 29.2 Å². The van der Waals surface area contributed by atoms with E-state index in [2.05, 4.69) is 15.1 Å². The van der Waals surface area contributed by atoms with E-state index in [-0.39, 0.29) is 11.9 Å². The van der Waals surface area contributed by atoms with Crippen LogP contribution in [-0.2, 0) is 22.8 Å². The zero-order chi connectivity index (χ0) is 23.0. The highest BCUT2D eigenvalue weighted by Crippen LogP contribution is 2.35. The van der Waals surface area contributed by atoms with E-state index >= 15 is 0 Å². The fourth-order valence-corrected chi connectivity index (χ4v) is 3.85. The molecule has 0 unspecified atom stereocenters. The number of fused-ring (bicyclic) bond motifs is 1. The number of nitrogens with two attached hydrogens (primary N) is 1. The molecule has 1 fully saturated rings. The van der Waals surface area contributed by atoms with Gasteiger partial charge in [-0.1, -0.05) is 12.1 Å². The Morgan fingerprint density at radius 1 is 1.19 bits per heavy atom. The molecule has 32 heavy (non-hydrogen) atoms. The van der Waals surface area contributed by atoms with E-state index in [1.54, 1.807) is 14.0 Å². The zero-order valence-electron chi connectivity index (χ0n) is 17.7. The summed E-state index contributed by atoms with van der Waals surface area (Å²) in [5.74, 6) is 0.344. The maximum atomic E-state index is 13.0. The molecule has 0 radical (unpaired) electrons. The Morgan fingerprint density at radius 2 is 1.84 bits per heavy atom. The lowest BCUT2D eigenvalue weighted by Gasteiger charge is -2.31. The number of halogens is 3. The van der Waals surface area contributed by atoms with Crippen LogP contribution >= 0.6 is 0 Å². The summed E-state index contributed by atoms with van der Waals surface area (Å²) in [6.45, 7) is 3.21. The van der Waals surface area contributed by atoms with Crippen LogP contribution in [0.25, 0.3) is 22.3 Å². The molecule has 11 heteroatoms. The minimum atomic E-state index is -4.43. The molecule has 2 N–H and O–H groups in total. The Morgan fingerprint density at radius 3 is 2.44 bits per heavy atom. The Hall–Kier alpha value is -3.37. The van der Waals surface area contributed by atoms with Crippen LogP contribution in [-0.4, -0.2) is 45.4 Å². The number of rotatable bonds is 4. The van der Waals surface area contributed by atoms with Gasteiger partial charge < -0.3 is 15.4 Å². The van der Waals surface area contributed by atoms with Gasteiger partial charge in [-0.15, -0.1) is 0 Å². The first-order valence-corrected chi connectivity index (χ1v) is 10.3. The summed E-state index contributed by atoms with van der Waals surface area (Å²) in [6, 6.07) is 4.77. The fourth-order valence-electron chi connectivity index (χ4n) is 3.85. The van der Waals surface area contributed by atoms with Crippen LogP contribution in [0.5, 0.6) is 0 Å². The van der Waals surface area contributed by atoms with E-state index in [9.17, 15) is 18.0 Å². The first-order valence-electron chi connectivity index (χ1n) is 10.3. The second-order valence-corrected chi connectivity index (χ2v) is 7.67. The minimum Gasteiger partial charge on any atom is -0.466 e. The molecule has 2 aromatic heterocycles. The van der Waals surface area contributed by atoms with Gasteiger partial charge in [0.25, 0.3) is 0 Å². The summed E-state index contributed by atoms with van der Waals surface area (Å²) >= 11 is 0. The molecule has 0 bridgehead atoms. The minimum absolute atomic E-state index is 0.171. The van der Waals surface area contributed by atoms with Crippen LogP contribution in [0.1, 0.15) is 25.3 Å². The van der Waals surface area contributed by atoms with Gasteiger partial charge >= 0.3 is 12.1 Å². The van der Waals surface area contributed by atoms with Gasteiger partial charge in [0.2, 0.25) is 5.95 Å². The zero-order valence-corrected chi connectivity index (χ0v) is 17.7. The van der Waals surface area contributed by atoms with Crippen molar-refractivity contribution < 1.29 is 22.7 Å². The third-order valence-corrected chi connectivity index (χ3v) is 5.61. The lowest BCUT2D eigenvalue weighted by Crippen LogP contribution is -2.38. The van der Waals surface area contributed by atoms with Gasteiger partial charge in [0.15, 0.2) is 5.65 Å². The Bertz CT molecular complexity index is 1140. The van der Waals surface area contributed by atoms with Crippen LogP contribution in [0.4, 0.5) is 24.9 Å². The van der Waals surface area contributed by atoms with Gasteiger partial charge in [-0.3, -0.25) is 9.48 Å². The van der Waals surface area contributed by atoms with Crippen molar-refractivity contribution in [3.63, 3.8) is 0 Å². The van der Waals surface area contributed by atoms with Crippen molar-refractivity contribution >= 4 is 28.8 Å². The topological polar surface area (TPSA) is 99.2 Å². The molecule has 4 rings (SSSR count). The molecule has 1 saturated heterocycles. The number of hydrogen-bond donors (Lipinski definition) is 1. The Balaban J connectivity index is 1.70. The number of aromatic nitrogens is 4. The molecule has 0 saturated carbocycles. The lowest BCUT2D eigenvalue weighted by atomic mass is 9.97. The maximum Gasteiger partial charge on any atom is 0.416 e. The lowest BCUT2D eigenvalue weighted by molar-refractivity contribution is -0.148. The summed E-state index contributed by atoms with van der Waals surface area (Å²) in [5, 5.41) is 4.82. The number of ether oxygens (including phenoxy) is 1. The number of alkyl halides is 3. The van der Waals surface area contributed by atoms with Gasteiger partial charge in [-0.25, -0.2) is 4.98 Å². The number of benzene rings is 1. The smallest absolute Gasteiger partial charge is 0.416 e. The van der Waals surface area contributed by atoms with E-state index in [0.29, 0.717) is 66.6 Å². The van der Waals surface area contributed by atoms with Crippen molar-refractivity contribution in [1.29, 1.82) is 0 Å². The second kappa shape index (κ2) is 8.29. The summed E-state index contributed by atoms with van der Waals surface area (Å²) in [5.41, 5.74) is 6.67. The SMILES string of the molecule is CCOC(=O)C1CCN(c2nc(-c3ccc(C(F)(F)F)cc3)c3c(N)n(C)nc3n2)CC1. The average molecular weight is 448 g/mol. The molecule has 1 aliphatic heterocycles. The summed E-state index contributed by atoms with van der Waals surface area (Å²) in [7, 11) is 1.66. The van der Waals surface area contributed by atoms with E-state index < -0.39 is 11.7 Å². The van der Waals surface area contributed by atoms with Gasteiger partial charge in [0, 0.05) is 25.7 Å². The molecule has 1 aromatic carbocycles. The number of hydrogen-bond acceptors (Lipinski definition) is 7. The molecule has 3 aromatic rings. The van der Waals surface area contributed by atoms with Gasteiger partial charge in [-0.2, -0.15) is 23.3 Å². The molecule has 170 valence electrons. The van der Waals surface area contributed by atoms with Crippen LogP contribution in [0.15, 0.2) is 24.3 Å². The Kier molecular flexibility index (Phi) is 5.66. The predicted octanol–water partition coefficient (Wildman–Crippen LogP) is 3.41. The fraction of sp³-hybridized carbons (Fsp3) is 0.429. The molecule has 0 atom stereocenters. The summed E-state index contributed by atoms with van der Waals surface area (Å²) < 4.78 is 45.5. The van der Waals surface area contributed by atoms with Crippen LogP contribution in [0, 0.1) is 5.92 Å². The number of nitrogens with zero attached hydrogens (tertiary/aromatic N) is 5. The van der Waals surface area contributed by atoms with E-state index in [1.807, 2.05) is 4.90 Å². The van der Waals surface area contributed by atoms with Crippen molar-refractivity contribution in [3.05, 3.63) is 29.8 Å². The van der Waals surface area contributed by atoms with Crippen molar-refractivity contribution in [1.82, 2.24) is 19.7 Å². The van der Waals surface area contributed by atoms with Crippen molar-refractivity contribution in [3.8, 4) is 11.3 Å². The van der Waals surface area contributed by atoms with Crippen molar-refractivity contribution in [2.24, 2.45) is 13.0 Å². The third-order valence-electron chi connectivity index (χ3n) is 5.61. The second-order valence-electron chi connectivity index (χ2n) is 7.67. The summed E-state index contributed by atoms with van der Waals surface area (Å²) in [4.78, 5) is 23.1. The van der Waals surface area contributed by atoms with Gasteiger partial charge in [-0.05, 0) is 31.9 Å². The largest absolute Gasteiger partial charge is 0.466 e. The molecule has 8 nitrogen and oxygen atoms in total. The van der Waals surface area contributed by atoms with Crippen molar-refractivity contribution in [2.75, 3.05) is 30.3 Å². The number of aryl methyl sites for hydroxylation is 1. The predicted molar refractivity (Wildman–Crippen MR) is 113 cm³/mol.